The van der Waals surface area contributed by atoms with Gasteiger partial charge < -0.3 is 4.74 Å². The molecule has 1 aromatic carbocycles. The first-order valence-corrected chi connectivity index (χ1v) is 7.51. The Hall–Kier alpha value is -1.60. The number of benzene rings is 1. The van der Waals surface area contributed by atoms with Crippen LogP contribution in [0.15, 0.2) is 30.3 Å². The van der Waals surface area contributed by atoms with Crippen LogP contribution >= 0.6 is 0 Å². The fourth-order valence-corrected chi connectivity index (χ4v) is 2.25. The molecule has 0 radical (unpaired) electrons. The van der Waals surface area contributed by atoms with E-state index in [1.165, 1.54) is 0 Å². The third kappa shape index (κ3) is 5.27. The first-order valence-electron chi connectivity index (χ1n) is 6.03. The van der Waals surface area contributed by atoms with Gasteiger partial charge in [-0.1, -0.05) is 30.3 Å². The van der Waals surface area contributed by atoms with Crippen molar-refractivity contribution in [3.05, 3.63) is 35.9 Å². The van der Waals surface area contributed by atoms with E-state index in [1.54, 1.807) is 12.1 Å². The van der Waals surface area contributed by atoms with E-state index in [9.17, 15) is 13.2 Å². The summed E-state index contributed by atoms with van der Waals surface area (Å²) in [5.74, 6) is 0.400. The van der Waals surface area contributed by atoms with Crippen molar-refractivity contribution in [3.63, 3.8) is 0 Å². The number of rotatable bonds is 6. The lowest BCUT2D eigenvalue weighted by Crippen LogP contribution is -2.41. The van der Waals surface area contributed by atoms with E-state index in [1.807, 2.05) is 22.9 Å². The Kier molecular flexibility index (Phi) is 4.39. The molecule has 0 unspecified atom stereocenters. The molecule has 0 spiro atoms. The van der Waals surface area contributed by atoms with E-state index >= 15 is 0 Å². The van der Waals surface area contributed by atoms with Crippen LogP contribution in [0, 0.1) is 5.92 Å². The third-order valence-electron chi connectivity index (χ3n) is 2.69. The van der Waals surface area contributed by atoms with Crippen molar-refractivity contribution in [1.82, 2.24) is 9.44 Å². The minimum atomic E-state index is -3.81. The zero-order valence-corrected chi connectivity index (χ0v) is 11.2. The molecule has 7 heteroatoms. The summed E-state index contributed by atoms with van der Waals surface area (Å²) in [6, 6.07) is 9.03. The van der Waals surface area contributed by atoms with Crippen LogP contribution in [0.1, 0.15) is 18.4 Å². The highest BCUT2D eigenvalue weighted by Gasteiger charge is 2.24. The molecule has 1 fully saturated rings. The van der Waals surface area contributed by atoms with Crippen LogP contribution in [-0.2, 0) is 21.6 Å². The average molecular weight is 284 g/mol. The molecule has 104 valence electrons. The fourth-order valence-electron chi connectivity index (χ4n) is 1.45. The van der Waals surface area contributed by atoms with Crippen molar-refractivity contribution in [2.24, 2.45) is 5.92 Å². The molecule has 1 aliphatic carbocycles. The second-order valence-electron chi connectivity index (χ2n) is 4.46. The topological polar surface area (TPSA) is 84.5 Å². The van der Waals surface area contributed by atoms with Gasteiger partial charge in [-0.05, 0) is 24.3 Å². The maximum absolute atomic E-state index is 11.5. The summed E-state index contributed by atoms with van der Waals surface area (Å²) < 4.78 is 31.9. The molecular weight excluding hydrogens is 268 g/mol. The van der Waals surface area contributed by atoms with Gasteiger partial charge in [0.2, 0.25) is 0 Å². The summed E-state index contributed by atoms with van der Waals surface area (Å²) in [5, 5.41) is 0. The monoisotopic (exact) mass is 284 g/mol. The number of nitrogens with one attached hydrogen (secondary N) is 2. The second-order valence-corrected chi connectivity index (χ2v) is 5.96. The quantitative estimate of drug-likeness (QED) is 0.821. The number of hydrogen-bond acceptors (Lipinski definition) is 4. The number of hydrogen-bond donors (Lipinski definition) is 2. The highest BCUT2D eigenvalue weighted by Crippen LogP contribution is 2.27. The summed E-state index contributed by atoms with van der Waals surface area (Å²) in [4.78, 5) is 11.3. The first-order chi connectivity index (χ1) is 9.05. The second kappa shape index (κ2) is 6.03. The summed E-state index contributed by atoms with van der Waals surface area (Å²) in [7, 11) is -3.81. The lowest BCUT2D eigenvalue weighted by atomic mass is 10.2. The number of amides is 1. The maximum atomic E-state index is 11.5. The van der Waals surface area contributed by atoms with Crippen molar-refractivity contribution >= 4 is 16.3 Å². The fraction of sp³-hybridized carbons (Fsp3) is 0.417. The van der Waals surface area contributed by atoms with Gasteiger partial charge in [0, 0.05) is 6.54 Å². The van der Waals surface area contributed by atoms with Gasteiger partial charge in [-0.3, -0.25) is 0 Å². The largest absolute Gasteiger partial charge is 0.444 e. The molecule has 6 nitrogen and oxygen atoms in total. The molecule has 1 aliphatic rings. The van der Waals surface area contributed by atoms with Crippen LogP contribution in [-0.4, -0.2) is 21.1 Å². The standard InChI is InChI=1S/C12H16N2O4S/c15-12(18-9-11-4-2-1-3-5-11)14-19(16,17)13-8-10-6-7-10/h1-5,10,13H,6-9H2,(H,14,15). The predicted octanol–water partition coefficient (Wildman–Crippen LogP) is 1.16. The molecule has 0 aromatic heterocycles. The normalized spacial score (nSPS) is 14.9. The van der Waals surface area contributed by atoms with E-state index in [4.69, 9.17) is 4.74 Å². The van der Waals surface area contributed by atoms with Gasteiger partial charge in [0.25, 0.3) is 0 Å². The Morgan fingerprint density at radius 2 is 1.95 bits per heavy atom. The Morgan fingerprint density at radius 1 is 1.26 bits per heavy atom. The number of ether oxygens (including phenoxy) is 1. The van der Waals surface area contributed by atoms with Crippen LogP contribution in [0.5, 0.6) is 0 Å². The van der Waals surface area contributed by atoms with Gasteiger partial charge >= 0.3 is 16.3 Å². The number of carbonyl (C=O) groups is 1. The molecule has 1 amide bonds. The molecule has 2 N–H and O–H groups in total. The summed E-state index contributed by atoms with van der Waals surface area (Å²) in [6.45, 7) is 0.395. The molecule has 2 rings (SSSR count). The van der Waals surface area contributed by atoms with E-state index in [0.717, 1.165) is 18.4 Å². The van der Waals surface area contributed by atoms with Gasteiger partial charge in [-0.15, -0.1) is 0 Å². The molecular formula is C12H16N2O4S. The molecule has 0 bridgehead atoms. The van der Waals surface area contributed by atoms with E-state index in [0.29, 0.717) is 12.5 Å². The minimum Gasteiger partial charge on any atom is -0.444 e. The molecule has 1 saturated carbocycles. The van der Waals surface area contributed by atoms with Crippen molar-refractivity contribution in [2.75, 3.05) is 6.54 Å². The predicted molar refractivity (Wildman–Crippen MR) is 69.4 cm³/mol. The highest BCUT2D eigenvalue weighted by atomic mass is 32.2. The molecule has 0 aliphatic heterocycles. The number of carbonyl (C=O) groups excluding carboxylic acids is 1. The van der Waals surface area contributed by atoms with Crippen LogP contribution in [0.4, 0.5) is 4.79 Å². The van der Waals surface area contributed by atoms with Crippen LogP contribution in [0.2, 0.25) is 0 Å². The average Bonchev–Trinajstić information content (AvgIpc) is 3.19. The van der Waals surface area contributed by atoms with Gasteiger partial charge in [0.1, 0.15) is 6.61 Å². The summed E-state index contributed by atoms with van der Waals surface area (Å²) in [6.07, 6.45) is 1.08. The van der Waals surface area contributed by atoms with Crippen LogP contribution < -0.4 is 9.44 Å². The summed E-state index contributed by atoms with van der Waals surface area (Å²) in [5.41, 5.74) is 0.793. The van der Waals surface area contributed by atoms with E-state index in [2.05, 4.69) is 4.72 Å². The van der Waals surface area contributed by atoms with Crippen molar-refractivity contribution < 1.29 is 17.9 Å². The van der Waals surface area contributed by atoms with E-state index in [-0.39, 0.29) is 6.61 Å². The van der Waals surface area contributed by atoms with Gasteiger partial charge in [-0.2, -0.15) is 13.1 Å². The Morgan fingerprint density at radius 3 is 2.58 bits per heavy atom. The van der Waals surface area contributed by atoms with Crippen molar-refractivity contribution in [1.29, 1.82) is 0 Å². The molecule has 19 heavy (non-hydrogen) atoms. The summed E-state index contributed by atoms with van der Waals surface area (Å²) >= 11 is 0. The van der Waals surface area contributed by atoms with Crippen molar-refractivity contribution in [2.45, 2.75) is 19.4 Å². The molecule has 1 aromatic rings. The Labute approximate surface area is 112 Å². The first kappa shape index (κ1) is 13.8. The lowest BCUT2D eigenvalue weighted by Gasteiger charge is -2.08. The van der Waals surface area contributed by atoms with Crippen LogP contribution in [0.25, 0.3) is 0 Å². The van der Waals surface area contributed by atoms with E-state index < -0.39 is 16.3 Å². The van der Waals surface area contributed by atoms with Crippen molar-refractivity contribution in [3.8, 4) is 0 Å². The van der Waals surface area contributed by atoms with Gasteiger partial charge in [0.05, 0.1) is 0 Å². The zero-order chi connectivity index (χ0) is 13.7. The maximum Gasteiger partial charge on any atom is 0.422 e. The van der Waals surface area contributed by atoms with Crippen LogP contribution in [0.3, 0.4) is 0 Å². The SMILES string of the molecule is O=C(NS(=O)(=O)NCC1CC1)OCc1ccccc1. The van der Waals surface area contributed by atoms with Gasteiger partial charge in [0.15, 0.2) is 0 Å². The smallest absolute Gasteiger partial charge is 0.422 e. The van der Waals surface area contributed by atoms with Gasteiger partial charge in [-0.25, -0.2) is 9.52 Å². The highest BCUT2D eigenvalue weighted by molar-refractivity contribution is 7.88. The lowest BCUT2D eigenvalue weighted by molar-refractivity contribution is 0.146. The Bertz CT molecular complexity index is 526. The minimum absolute atomic E-state index is 0.0326. The Balaban J connectivity index is 1.73. The third-order valence-corrected chi connectivity index (χ3v) is 3.67. The molecule has 0 saturated heterocycles. The molecule has 0 atom stereocenters. The molecule has 0 heterocycles. The zero-order valence-electron chi connectivity index (χ0n) is 10.3.